The zero-order valence-corrected chi connectivity index (χ0v) is 69.2. The second-order valence-electron chi connectivity index (χ2n) is 30.4. The van der Waals surface area contributed by atoms with E-state index in [0.717, 1.165) is 83.9 Å². The van der Waals surface area contributed by atoms with Crippen molar-refractivity contribution in [3.8, 4) is 28.5 Å². The number of rotatable bonds is 32. The Morgan fingerprint density at radius 3 is 1.39 bits per heavy atom. The Balaban J connectivity index is 0.591. The first-order valence-corrected chi connectivity index (χ1v) is 39.3. The third-order valence-electron chi connectivity index (χ3n) is 20.8. The van der Waals surface area contributed by atoms with Gasteiger partial charge in [-0.1, -0.05) is 0 Å². The highest BCUT2D eigenvalue weighted by atomic mass is 16.5. The third kappa shape index (κ3) is 19.5. The van der Waals surface area contributed by atoms with Gasteiger partial charge < -0.3 is 119 Å². The molecule has 11 heterocycles. The molecule has 1 aliphatic heterocycles. The predicted octanol–water partition coefficient (Wildman–Crippen LogP) is 7.32. The summed E-state index contributed by atoms with van der Waals surface area (Å²) in [6.45, 7) is 5.26. The molecule has 10 amide bonds. The average molecular weight is 1660 g/mol. The molecule has 1 aliphatic rings. The minimum Gasteiger partial charge on any atom is -0.494 e. The number of hydrogen-bond acceptors (Lipinski definition) is 18. The summed E-state index contributed by atoms with van der Waals surface area (Å²) >= 11 is 0. The Morgan fingerprint density at radius 2 is 0.893 bits per heavy atom. The van der Waals surface area contributed by atoms with Crippen molar-refractivity contribution < 1.29 is 52.7 Å². The summed E-state index contributed by atoms with van der Waals surface area (Å²) in [5.41, 5.74) is 9.18. The number of aryl methyl sites for hydroxylation is 8. The molecule has 38 heteroatoms. The topological polar surface area (TPSA) is 433 Å². The maximum Gasteiger partial charge on any atom is 0.292 e. The van der Waals surface area contributed by atoms with Gasteiger partial charge in [-0.2, -0.15) is 0 Å². The summed E-state index contributed by atoms with van der Waals surface area (Å²) in [6, 6.07) is 27.5. The second kappa shape index (κ2) is 36.0. The number of nitrogens with zero attached hydrogens (tertiary/aromatic N) is 15. The number of likely N-dealkylation sites (N-methyl/N-ethyl adjacent to an activating group) is 1. The molecule has 0 radical (unpaired) electrons. The Hall–Kier alpha value is -15.1. The van der Waals surface area contributed by atoms with Crippen LogP contribution >= 0.6 is 0 Å². The lowest BCUT2D eigenvalue weighted by molar-refractivity contribution is -0.126. The van der Waals surface area contributed by atoms with Crippen LogP contribution in [0.2, 0.25) is 0 Å². The molecule has 0 unspecified atom stereocenters. The van der Waals surface area contributed by atoms with Crippen molar-refractivity contribution >= 4 is 127 Å². The lowest BCUT2D eigenvalue weighted by Gasteiger charge is -2.34. The van der Waals surface area contributed by atoms with E-state index < -0.39 is 59.2 Å². The minimum atomic E-state index is -1.24. The van der Waals surface area contributed by atoms with Crippen LogP contribution in [0.15, 0.2) is 153 Å². The Kier molecular flexibility index (Phi) is 24.6. The third-order valence-corrected chi connectivity index (χ3v) is 20.8. The van der Waals surface area contributed by atoms with Gasteiger partial charge in [0.15, 0.2) is 11.6 Å². The molecular weight excluding hydrogens is 1560 g/mol. The number of nitrogens with one attached hydrogen (secondary N) is 12. The Labute approximate surface area is 699 Å². The summed E-state index contributed by atoms with van der Waals surface area (Å²) < 4.78 is 18.2. The Morgan fingerprint density at radius 1 is 0.443 bits per heavy atom. The zero-order chi connectivity index (χ0) is 86.3. The van der Waals surface area contributed by atoms with E-state index >= 15 is 0 Å². The molecule has 1 saturated heterocycles. The first-order valence-electron chi connectivity index (χ1n) is 39.3. The van der Waals surface area contributed by atoms with Crippen LogP contribution in [0.5, 0.6) is 5.75 Å². The minimum absolute atomic E-state index is 0.0291. The molecule has 12 N–H and O–H groups in total. The molecule has 13 aromatic rings. The van der Waals surface area contributed by atoms with E-state index in [9.17, 15) is 47.9 Å². The van der Waals surface area contributed by atoms with Crippen molar-refractivity contribution in [3.63, 3.8) is 0 Å². The number of aromatic amines is 2. The summed E-state index contributed by atoms with van der Waals surface area (Å²) in [5.74, 6) is -3.15. The van der Waals surface area contributed by atoms with Crippen molar-refractivity contribution in [2.75, 3.05) is 116 Å². The smallest absolute Gasteiger partial charge is 0.292 e. The van der Waals surface area contributed by atoms with Crippen LogP contribution in [0.3, 0.4) is 0 Å². The first-order chi connectivity index (χ1) is 58.5. The van der Waals surface area contributed by atoms with E-state index in [1.54, 1.807) is 96.4 Å². The lowest BCUT2D eigenvalue weighted by atomic mass is 10.1. The second-order valence-corrected chi connectivity index (χ2v) is 30.4. The number of benzene rings is 3. The summed E-state index contributed by atoms with van der Waals surface area (Å²) in [6.07, 6.45) is 14.8. The maximum absolute atomic E-state index is 14.4. The van der Waals surface area contributed by atoms with Crippen LogP contribution in [-0.4, -0.2) is 215 Å². The molecule has 1 fully saturated rings. The van der Waals surface area contributed by atoms with Crippen molar-refractivity contribution in [1.29, 1.82) is 0 Å². The van der Waals surface area contributed by atoms with Gasteiger partial charge in [0.05, 0.1) is 62.8 Å². The normalized spacial score (nSPS) is 12.5. The fraction of sp³-hybridized carbons (Fsp3) is 0.286. The molecule has 0 aliphatic carbocycles. The van der Waals surface area contributed by atoms with Gasteiger partial charge in [-0.25, -0.2) is 19.9 Å². The molecule has 0 bridgehead atoms. The van der Waals surface area contributed by atoms with Crippen molar-refractivity contribution in [1.82, 2.24) is 92.2 Å². The molecule has 122 heavy (non-hydrogen) atoms. The van der Waals surface area contributed by atoms with Crippen molar-refractivity contribution in [2.45, 2.75) is 31.7 Å². The first kappa shape index (κ1) is 83.4. The van der Waals surface area contributed by atoms with Gasteiger partial charge >= 0.3 is 0 Å². The quantitative estimate of drug-likeness (QED) is 0.0184. The lowest BCUT2D eigenvalue weighted by Crippen LogP contribution is -2.45. The number of fused-ring (bicyclic) bond motifs is 2. The van der Waals surface area contributed by atoms with E-state index in [1.807, 2.05) is 61.5 Å². The number of anilines is 8. The number of ether oxygens (including phenoxy) is 1. The molecule has 38 nitrogen and oxygen atoms in total. The summed E-state index contributed by atoms with van der Waals surface area (Å²) in [7, 11) is 19.1. The van der Waals surface area contributed by atoms with E-state index in [4.69, 9.17) is 14.7 Å². The SMILES string of the molecule is CN(C)CCCNC(=O)c1cc(NC(=O)c2cc(NC(=O)c3cc(NC(=O)c4cc(NC(=O)[C@@H](CCNC(=O)c5cc(NC(=O)c6cc(NC(=O)c7nc(NC(=O)c8nccn8C)cn7C)cn6C)cn5C)NC(=O)CCCOc5ccc(-c6nc7cc(-c8nc9cc(N%10CCN(C)CC%10)ccc9[nH]8)ccc7[nH]6)cc5)cn4C)cn3C)cn2C)cn1C. The highest BCUT2D eigenvalue weighted by Crippen LogP contribution is 2.31. The standard InChI is InChI=1S/C84H95N27O11/c1-101(2)27-13-24-86-77(114)64-35-52(43-104(64)5)89-80(117)67-38-55(46-107(67)8)92-81(118)68-39-54(45-108(68)9)91-79(116)66-37-51(42-106(66)7)88-76(113)61(23-25-87-78(115)65-36-53(44-105(65)6)90-82(119)69-40-56(47-109(69)10)93-84(121)75-99-70(48-110(75)11)100-83(120)74-85-26-28-103(74)4)94-71(112)14-12-33-122-58-19-15-49(16-20-58)72-95-59-21-17-50(34-62(59)97-72)73-96-60-22-18-57(41-63(60)98-73)111-31-29-102(3)30-32-111/h15-22,26,28,34-48,61H,12-14,23-25,27,29-33H2,1-11H3,(H,86,114)(H,87,115)(H,88,113)(H,89,117)(H,90,119)(H,91,116)(H,92,118)(H,93,121)(H,94,112)(H,95,97)(H,96,98)(H,100,120)/t61-/m1/s1. The molecule has 0 saturated carbocycles. The number of imidazole rings is 4. The molecule has 3 aromatic carbocycles. The van der Waals surface area contributed by atoms with E-state index in [-0.39, 0.29) is 107 Å². The van der Waals surface area contributed by atoms with E-state index in [1.165, 1.54) is 88.7 Å². The van der Waals surface area contributed by atoms with Crippen LogP contribution in [-0.2, 0) is 66.0 Å². The van der Waals surface area contributed by atoms with Crippen LogP contribution in [0.4, 0.5) is 45.6 Å². The molecule has 1 atom stereocenters. The van der Waals surface area contributed by atoms with Crippen LogP contribution in [0.25, 0.3) is 44.8 Å². The van der Waals surface area contributed by atoms with Crippen LogP contribution < -0.4 is 62.8 Å². The highest BCUT2D eigenvalue weighted by molar-refractivity contribution is 6.11. The largest absolute Gasteiger partial charge is 0.494 e. The van der Waals surface area contributed by atoms with Crippen LogP contribution in [0, 0.1) is 0 Å². The van der Waals surface area contributed by atoms with Gasteiger partial charge in [-0.3, -0.25) is 47.9 Å². The number of aromatic nitrogens is 14. The number of amides is 10. The number of carbonyl (C=O) groups is 10. The monoisotopic (exact) mass is 1660 g/mol. The fourth-order valence-corrected chi connectivity index (χ4v) is 14.3. The molecule has 632 valence electrons. The molecule has 0 spiro atoms. The maximum atomic E-state index is 14.4. The number of piperazine rings is 1. The molecule has 10 aromatic heterocycles. The molecule has 14 rings (SSSR count). The zero-order valence-electron chi connectivity index (χ0n) is 69.2. The number of H-pyrrole nitrogens is 2. The Bertz CT molecular complexity index is 6160. The van der Waals surface area contributed by atoms with Gasteiger partial charge in [0.2, 0.25) is 17.6 Å². The predicted molar refractivity (Wildman–Crippen MR) is 461 cm³/mol. The van der Waals surface area contributed by atoms with Crippen molar-refractivity contribution in [3.05, 3.63) is 199 Å². The van der Waals surface area contributed by atoms with Gasteiger partial charge in [0.1, 0.15) is 57.6 Å². The fourth-order valence-electron chi connectivity index (χ4n) is 14.3. The van der Waals surface area contributed by atoms with Gasteiger partial charge in [-0.05, 0) is 144 Å². The van der Waals surface area contributed by atoms with Gasteiger partial charge in [-0.15, -0.1) is 0 Å². The van der Waals surface area contributed by atoms with E-state index in [0.29, 0.717) is 35.2 Å². The summed E-state index contributed by atoms with van der Waals surface area (Å²) in [5, 5.41) is 28.0. The number of carbonyl (C=O) groups excluding carboxylic acids is 10. The number of hydrogen-bond donors (Lipinski definition) is 12. The van der Waals surface area contributed by atoms with E-state index in [2.05, 4.69) is 108 Å². The summed E-state index contributed by atoms with van der Waals surface area (Å²) in [4.78, 5) is 168. The van der Waals surface area contributed by atoms with Crippen LogP contribution in [0.1, 0.15) is 110 Å². The molecular formula is C84H95N27O11. The average Bonchev–Trinajstić information content (AvgIpc) is 1.66. The van der Waals surface area contributed by atoms with Crippen molar-refractivity contribution in [2.24, 2.45) is 56.4 Å². The van der Waals surface area contributed by atoms with Gasteiger partial charge in [0.25, 0.3) is 47.3 Å². The van der Waals surface area contributed by atoms with Gasteiger partial charge in [0, 0.05) is 175 Å². The highest BCUT2D eigenvalue weighted by Gasteiger charge is 2.28.